The Bertz CT molecular complexity index is 372. The van der Waals surface area contributed by atoms with Gasteiger partial charge in [0.2, 0.25) is 0 Å². The Morgan fingerprint density at radius 1 is 1.00 bits per heavy atom. The lowest BCUT2D eigenvalue weighted by atomic mass is 9.89. The highest BCUT2D eigenvalue weighted by Gasteiger charge is 2.72. The van der Waals surface area contributed by atoms with Crippen molar-refractivity contribution in [2.24, 2.45) is 29.4 Å². The molecule has 1 aromatic rings. The van der Waals surface area contributed by atoms with Crippen molar-refractivity contribution >= 4 is 0 Å². The number of rotatable bonds is 1. The summed E-state index contributed by atoms with van der Waals surface area (Å²) in [5, 5.41) is 0. The van der Waals surface area contributed by atoms with E-state index in [0.717, 1.165) is 29.6 Å². The summed E-state index contributed by atoms with van der Waals surface area (Å²) >= 11 is 0. The lowest BCUT2D eigenvalue weighted by Gasteiger charge is -2.17. The fraction of sp³-hybridized carbons (Fsp3) is 0.538. The number of hydrogen-bond donors (Lipinski definition) is 1. The zero-order valence-electron chi connectivity index (χ0n) is 8.14. The average molecular weight is 185 g/mol. The van der Waals surface area contributed by atoms with Gasteiger partial charge in [-0.05, 0) is 41.6 Å². The van der Waals surface area contributed by atoms with E-state index in [9.17, 15) is 0 Å². The summed E-state index contributed by atoms with van der Waals surface area (Å²) in [6.45, 7) is 0. The van der Waals surface area contributed by atoms with Gasteiger partial charge in [0, 0.05) is 6.04 Å². The van der Waals surface area contributed by atoms with Crippen molar-refractivity contribution in [2.45, 2.75) is 18.4 Å². The third-order valence-corrected chi connectivity index (χ3v) is 4.84. The Morgan fingerprint density at radius 2 is 1.79 bits per heavy atom. The van der Waals surface area contributed by atoms with E-state index >= 15 is 0 Å². The molecule has 72 valence electrons. The van der Waals surface area contributed by atoms with Crippen LogP contribution in [-0.4, -0.2) is 6.04 Å². The van der Waals surface area contributed by atoms with Crippen molar-refractivity contribution in [3.63, 3.8) is 0 Å². The Morgan fingerprint density at radius 3 is 2.29 bits per heavy atom. The Hall–Kier alpha value is -0.820. The Labute approximate surface area is 84.3 Å². The minimum atomic E-state index is 0.523. The molecule has 5 rings (SSSR count). The van der Waals surface area contributed by atoms with Crippen molar-refractivity contribution in [3.05, 3.63) is 35.9 Å². The first-order valence-corrected chi connectivity index (χ1v) is 5.68. The molecule has 0 aromatic heterocycles. The summed E-state index contributed by atoms with van der Waals surface area (Å²) in [4.78, 5) is 0. The maximum atomic E-state index is 6.23. The van der Waals surface area contributed by atoms with E-state index in [1.54, 1.807) is 5.56 Å². The molecule has 4 bridgehead atoms. The van der Waals surface area contributed by atoms with Gasteiger partial charge in [0.1, 0.15) is 0 Å². The molecule has 0 amide bonds. The summed E-state index contributed by atoms with van der Waals surface area (Å²) in [7, 11) is 0. The largest absolute Gasteiger partial charge is 0.327 e. The topological polar surface area (TPSA) is 26.0 Å². The van der Waals surface area contributed by atoms with E-state index in [-0.39, 0.29) is 0 Å². The first kappa shape index (κ1) is 7.47. The summed E-state index contributed by atoms with van der Waals surface area (Å²) in [6, 6.07) is 11.5. The molecule has 0 spiro atoms. The van der Waals surface area contributed by atoms with Crippen molar-refractivity contribution in [1.29, 1.82) is 0 Å². The van der Waals surface area contributed by atoms with Crippen LogP contribution in [0, 0.1) is 23.7 Å². The lowest BCUT2D eigenvalue weighted by Crippen LogP contribution is -2.25. The molecular formula is C13H15N. The highest BCUT2D eigenvalue weighted by molar-refractivity contribution is 5.34. The SMILES string of the molecule is NC1C2C3CC1[C@H](c1ccccc1)C32. The zero-order valence-corrected chi connectivity index (χ0v) is 8.14. The van der Waals surface area contributed by atoms with Crippen molar-refractivity contribution in [3.8, 4) is 0 Å². The quantitative estimate of drug-likeness (QED) is 0.711. The first-order valence-electron chi connectivity index (χ1n) is 5.68. The van der Waals surface area contributed by atoms with Gasteiger partial charge in [0.05, 0.1) is 0 Å². The van der Waals surface area contributed by atoms with Gasteiger partial charge in [-0.25, -0.2) is 0 Å². The van der Waals surface area contributed by atoms with Crippen LogP contribution in [0.25, 0.3) is 0 Å². The maximum Gasteiger partial charge on any atom is 0.0107 e. The second kappa shape index (κ2) is 2.22. The lowest BCUT2D eigenvalue weighted by molar-refractivity contribution is 0.476. The predicted molar refractivity (Wildman–Crippen MR) is 55.7 cm³/mol. The molecule has 2 N–H and O–H groups in total. The Balaban J connectivity index is 1.76. The fourth-order valence-corrected chi connectivity index (χ4v) is 4.36. The van der Waals surface area contributed by atoms with E-state index < -0.39 is 0 Å². The van der Waals surface area contributed by atoms with Gasteiger partial charge in [-0.1, -0.05) is 30.3 Å². The van der Waals surface area contributed by atoms with Gasteiger partial charge in [0.15, 0.2) is 0 Å². The number of benzene rings is 1. The van der Waals surface area contributed by atoms with E-state index in [1.165, 1.54) is 6.42 Å². The second-order valence-corrected chi connectivity index (χ2v) is 5.23. The van der Waals surface area contributed by atoms with Gasteiger partial charge in [-0.3, -0.25) is 0 Å². The summed E-state index contributed by atoms with van der Waals surface area (Å²) in [5.74, 6) is 4.46. The molecule has 4 fully saturated rings. The van der Waals surface area contributed by atoms with Crippen LogP contribution >= 0.6 is 0 Å². The molecule has 0 heterocycles. The van der Waals surface area contributed by atoms with E-state index in [0.29, 0.717) is 6.04 Å². The molecule has 6 atom stereocenters. The third-order valence-electron chi connectivity index (χ3n) is 4.84. The molecule has 0 saturated heterocycles. The van der Waals surface area contributed by atoms with Crippen molar-refractivity contribution < 1.29 is 0 Å². The normalized spacial score (nSPS) is 52.4. The average Bonchev–Trinajstić information content (AvgIpc) is 2.55. The van der Waals surface area contributed by atoms with Gasteiger partial charge in [0.25, 0.3) is 0 Å². The molecule has 5 unspecified atom stereocenters. The number of nitrogens with two attached hydrogens (primary N) is 1. The molecule has 0 radical (unpaired) electrons. The molecule has 4 aliphatic carbocycles. The molecule has 4 aliphatic rings. The van der Waals surface area contributed by atoms with E-state index in [1.807, 2.05) is 0 Å². The minimum absolute atomic E-state index is 0.523. The molecular weight excluding hydrogens is 170 g/mol. The smallest absolute Gasteiger partial charge is 0.0107 e. The van der Waals surface area contributed by atoms with Crippen LogP contribution in [0.1, 0.15) is 17.9 Å². The van der Waals surface area contributed by atoms with Crippen LogP contribution in [0.15, 0.2) is 30.3 Å². The molecule has 1 nitrogen and oxygen atoms in total. The van der Waals surface area contributed by atoms with Crippen LogP contribution in [0.5, 0.6) is 0 Å². The molecule has 4 saturated carbocycles. The predicted octanol–water partition coefficient (Wildman–Crippen LogP) is 1.99. The zero-order chi connectivity index (χ0) is 9.28. The van der Waals surface area contributed by atoms with Gasteiger partial charge >= 0.3 is 0 Å². The maximum absolute atomic E-state index is 6.23. The van der Waals surface area contributed by atoms with Crippen LogP contribution in [-0.2, 0) is 0 Å². The third kappa shape index (κ3) is 0.683. The molecule has 1 aromatic carbocycles. The van der Waals surface area contributed by atoms with E-state index in [2.05, 4.69) is 30.3 Å². The molecule has 1 heteroatoms. The van der Waals surface area contributed by atoms with Crippen LogP contribution < -0.4 is 5.73 Å². The Kier molecular flexibility index (Phi) is 1.18. The van der Waals surface area contributed by atoms with E-state index in [4.69, 9.17) is 5.73 Å². The first-order chi connectivity index (χ1) is 6.88. The van der Waals surface area contributed by atoms with Crippen molar-refractivity contribution in [2.75, 3.05) is 0 Å². The van der Waals surface area contributed by atoms with Gasteiger partial charge in [-0.2, -0.15) is 0 Å². The summed E-state index contributed by atoms with van der Waals surface area (Å²) in [6.07, 6.45) is 1.41. The molecule has 14 heavy (non-hydrogen) atoms. The highest BCUT2D eigenvalue weighted by atomic mass is 14.9. The van der Waals surface area contributed by atoms with Crippen LogP contribution in [0.3, 0.4) is 0 Å². The minimum Gasteiger partial charge on any atom is -0.327 e. The van der Waals surface area contributed by atoms with Crippen LogP contribution in [0.4, 0.5) is 0 Å². The van der Waals surface area contributed by atoms with Gasteiger partial charge in [-0.15, -0.1) is 0 Å². The van der Waals surface area contributed by atoms with Gasteiger partial charge < -0.3 is 5.73 Å². The highest BCUT2D eigenvalue weighted by Crippen LogP contribution is 2.75. The van der Waals surface area contributed by atoms with Crippen LogP contribution in [0.2, 0.25) is 0 Å². The second-order valence-electron chi connectivity index (χ2n) is 5.23. The van der Waals surface area contributed by atoms with Crippen molar-refractivity contribution in [1.82, 2.24) is 0 Å². The molecule has 0 aliphatic heterocycles. The number of hydrogen-bond acceptors (Lipinski definition) is 1. The standard InChI is InChI=1S/C13H15N/c14-13-9-6-8-11(12(8)13)10(9)7-4-2-1-3-5-7/h1-5,8-13H,6,14H2/t8?,9?,10-,11?,12?,13?/m0/s1. The fourth-order valence-electron chi connectivity index (χ4n) is 4.36. The monoisotopic (exact) mass is 185 g/mol. The summed E-state index contributed by atoms with van der Waals surface area (Å²) in [5.41, 5.74) is 7.77. The summed E-state index contributed by atoms with van der Waals surface area (Å²) < 4.78 is 0.